The number of carbonyl (C=O) groups excluding carboxylic acids is 2. The zero-order valence-electron chi connectivity index (χ0n) is 26.8. The van der Waals surface area contributed by atoms with Gasteiger partial charge in [-0.15, -0.1) is 0 Å². The second-order valence-corrected chi connectivity index (χ2v) is 16.1. The fraction of sp³-hybridized carbons (Fsp3) is 0.933. The highest BCUT2D eigenvalue weighted by Gasteiger charge is 2.59. The van der Waals surface area contributed by atoms with Gasteiger partial charge < -0.3 is 30.0 Å². The van der Waals surface area contributed by atoms with Gasteiger partial charge >= 0.3 is 0 Å². The van der Waals surface area contributed by atoms with Crippen LogP contribution in [-0.2, 0) is 19.3 Å². The molecule has 0 atom stereocenters. The molecule has 0 bridgehead atoms. The zero-order valence-corrected chi connectivity index (χ0v) is 26.8. The summed E-state index contributed by atoms with van der Waals surface area (Å²) in [5.41, 5.74) is -6.53. The Labute approximate surface area is 240 Å². The van der Waals surface area contributed by atoms with Crippen LogP contribution in [0.3, 0.4) is 0 Å². The number of carboxylic acid groups (broad SMARTS) is 2. The van der Waals surface area contributed by atoms with Crippen LogP contribution in [0.1, 0.15) is 115 Å². The van der Waals surface area contributed by atoms with E-state index in [-0.39, 0.29) is 13.2 Å². The first-order chi connectivity index (χ1) is 17.7. The second-order valence-electron chi connectivity index (χ2n) is 16.1. The molecule has 0 unspecified atom stereocenters. The summed E-state index contributed by atoms with van der Waals surface area (Å²) in [6.07, 6.45) is 0.733. The fourth-order valence-corrected chi connectivity index (χ4v) is 7.67. The van der Waals surface area contributed by atoms with Crippen molar-refractivity contribution in [2.75, 3.05) is 13.2 Å². The zero-order chi connectivity index (χ0) is 31.3. The second kappa shape index (κ2) is 11.1. The van der Waals surface area contributed by atoms with Crippen LogP contribution in [0.2, 0.25) is 0 Å². The van der Waals surface area contributed by atoms with E-state index in [1.54, 1.807) is 27.7 Å². The number of hydrogen-bond acceptors (Lipinski definition) is 10. The smallest absolute Gasteiger partial charge is 0.0967 e. The molecule has 2 aliphatic heterocycles. The summed E-state index contributed by atoms with van der Waals surface area (Å²) in [4.78, 5) is 37.8. The minimum absolute atomic E-state index is 0.0562. The van der Waals surface area contributed by atoms with Crippen LogP contribution < -0.4 is 10.2 Å². The molecule has 2 rings (SSSR count). The van der Waals surface area contributed by atoms with Gasteiger partial charge in [-0.05, 0) is 127 Å². The molecule has 2 aliphatic rings. The molecule has 10 nitrogen and oxygen atoms in total. The molecule has 10 heteroatoms. The fourth-order valence-electron chi connectivity index (χ4n) is 7.67. The molecule has 0 aromatic carbocycles. The molecule has 2 fully saturated rings. The lowest BCUT2D eigenvalue weighted by Crippen LogP contribution is -2.69. The van der Waals surface area contributed by atoms with Gasteiger partial charge in [-0.1, -0.05) is 0 Å². The molecule has 0 saturated carbocycles. The van der Waals surface area contributed by atoms with Gasteiger partial charge in [0.15, 0.2) is 0 Å². The molecule has 2 saturated heterocycles. The van der Waals surface area contributed by atoms with E-state index in [4.69, 9.17) is 9.68 Å². The van der Waals surface area contributed by atoms with E-state index in [9.17, 15) is 30.0 Å². The SMILES string of the molecule is CC(C)(O)CON1C(C)(C)CC(C(CC(=O)[O-])(C(=O)[O-])C2CC(C)(C)N(OCC(C)(C)O)C(C)(C)C2)CC1(C)C. The number of carbonyl (C=O) groups is 2. The van der Waals surface area contributed by atoms with Crippen molar-refractivity contribution < 1.29 is 39.7 Å². The average Bonchev–Trinajstić information content (AvgIpc) is 2.65. The molecule has 0 spiro atoms. The third-order valence-electron chi connectivity index (χ3n) is 8.55. The van der Waals surface area contributed by atoms with Crippen molar-refractivity contribution in [2.24, 2.45) is 17.3 Å². The van der Waals surface area contributed by atoms with Crippen LogP contribution in [0, 0.1) is 17.3 Å². The van der Waals surface area contributed by atoms with Gasteiger partial charge in [0.25, 0.3) is 0 Å². The minimum Gasteiger partial charge on any atom is -0.550 e. The molecule has 0 radical (unpaired) electrons. The Balaban J connectivity index is 2.57. The summed E-state index contributed by atoms with van der Waals surface area (Å²) in [6, 6.07) is 0. The van der Waals surface area contributed by atoms with Crippen LogP contribution in [0.15, 0.2) is 0 Å². The number of hydroxylamine groups is 4. The molecular formula is C30H54N2O8-2. The number of hydrogen-bond donors (Lipinski definition) is 2. The summed E-state index contributed by atoms with van der Waals surface area (Å²) >= 11 is 0. The van der Waals surface area contributed by atoms with Crippen LogP contribution >= 0.6 is 0 Å². The first-order valence-corrected chi connectivity index (χ1v) is 14.4. The molecule has 0 aliphatic carbocycles. The molecule has 2 N–H and O–H groups in total. The summed E-state index contributed by atoms with van der Waals surface area (Å²) in [5.74, 6) is -3.90. The van der Waals surface area contributed by atoms with Crippen molar-refractivity contribution in [3.05, 3.63) is 0 Å². The normalized spacial score (nSPS) is 24.6. The first kappa shape index (κ1) is 34.9. The molecule has 0 aromatic rings. The Kier molecular flexibility index (Phi) is 9.67. The van der Waals surface area contributed by atoms with Crippen LogP contribution in [0.25, 0.3) is 0 Å². The number of rotatable bonds is 11. The van der Waals surface area contributed by atoms with Gasteiger partial charge in [-0.25, -0.2) is 0 Å². The predicted octanol–water partition coefficient (Wildman–Crippen LogP) is 1.81. The van der Waals surface area contributed by atoms with Crippen molar-refractivity contribution in [3.63, 3.8) is 0 Å². The summed E-state index contributed by atoms with van der Waals surface area (Å²) in [6.45, 7) is 22.3. The van der Waals surface area contributed by atoms with Crippen molar-refractivity contribution in [3.8, 4) is 0 Å². The van der Waals surface area contributed by atoms with Crippen LogP contribution in [-0.4, -0.2) is 78.8 Å². The Morgan fingerprint density at radius 3 is 1.18 bits per heavy atom. The van der Waals surface area contributed by atoms with E-state index in [0.29, 0.717) is 25.7 Å². The van der Waals surface area contributed by atoms with Gasteiger partial charge in [-0.2, -0.15) is 10.1 Å². The Morgan fingerprint density at radius 2 is 0.975 bits per heavy atom. The average molecular weight is 571 g/mol. The highest BCUT2D eigenvalue weighted by molar-refractivity contribution is 5.80. The van der Waals surface area contributed by atoms with Gasteiger partial charge in [-0.3, -0.25) is 9.68 Å². The van der Waals surface area contributed by atoms with E-state index in [0.717, 1.165) is 0 Å². The summed E-state index contributed by atoms with van der Waals surface area (Å²) in [5, 5.41) is 49.8. The number of carboxylic acids is 2. The standard InChI is InChI=1S/C30H56N2O8/c1-24(2)13-20(14-25(3,4)31(24)39-18-28(9,10)37)30(23(35)36,17-22(33)34)21-15-26(5,6)32(27(7,8)16-21)40-19-29(11,12)38/h20-21,37-38H,13-19H2,1-12H3,(H,33,34)(H,35,36)/p-2. The minimum atomic E-state index is -1.70. The first-order valence-electron chi connectivity index (χ1n) is 14.4. The van der Waals surface area contributed by atoms with E-state index < -0.39 is 69.0 Å². The lowest BCUT2D eigenvalue weighted by Gasteiger charge is -2.63. The summed E-state index contributed by atoms with van der Waals surface area (Å²) in [7, 11) is 0. The van der Waals surface area contributed by atoms with Crippen molar-refractivity contribution in [1.29, 1.82) is 0 Å². The third kappa shape index (κ3) is 7.75. The van der Waals surface area contributed by atoms with Crippen molar-refractivity contribution in [1.82, 2.24) is 10.1 Å². The topological polar surface area (TPSA) is 146 Å². The number of piperidine rings is 2. The largest absolute Gasteiger partial charge is 0.550 e. The van der Waals surface area contributed by atoms with Crippen LogP contribution in [0.5, 0.6) is 0 Å². The van der Waals surface area contributed by atoms with Crippen molar-refractivity contribution >= 4 is 11.9 Å². The highest BCUT2D eigenvalue weighted by atomic mass is 16.7. The lowest BCUT2D eigenvalue weighted by atomic mass is 9.53. The van der Waals surface area contributed by atoms with E-state index in [1.165, 1.54) is 0 Å². The third-order valence-corrected chi connectivity index (χ3v) is 8.55. The predicted molar refractivity (Wildman–Crippen MR) is 147 cm³/mol. The number of aliphatic carboxylic acids is 2. The monoisotopic (exact) mass is 570 g/mol. The quantitative estimate of drug-likeness (QED) is 0.377. The van der Waals surface area contributed by atoms with Crippen molar-refractivity contribution in [2.45, 2.75) is 149 Å². The van der Waals surface area contributed by atoms with Gasteiger partial charge in [0.05, 0.1) is 24.4 Å². The number of aliphatic hydroxyl groups is 2. The van der Waals surface area contributed by atoms with Gasteiger partial charge in [0, 0.05) is 39.5 Å². The maximum Gasteiger partial charge on any atom is 0.0967 e. The Hall–Kier alpha value is -1.30. The molecule has 0 aromatic heterocycles. The maximum absolute atomic E-state index is 13.3. The lowest BCUT2D eigenvalue weighted by molar-refractivity contribution is -0.352. The Bertz CT molecular complexity index is 835. The van der Waals surface area contributed by atoms with E-state index in [1.807, 2.05) is 65.5 Å². The van der Waals surface area contributed by atoms with E-state index in [2.05, 4.69) is 0 Å². The van der Waals surface area contributed by atoms with E-state index >= 15 is 0 Å². The van der Waals surface area contributed by atoms with Gasteiger partial charge in [0.2, 0.25) is 0 Å². The maximum atomic E-state index is 13.3. The molecule has 2 heterocycles. The van der Waals surface area contributed by atoms with Gasteiger partial charge in [0.1, 0.15) is 0 Å². The molecule has 0 amide bonds. The highest BCUT2D eigenvalue weighted by Crippen LogP contribution is 2.57. The molecular weight excluding hydrogens is 516 g/mol. The van der Waals surface area contributed by atoms with Crippen LogP contribution in [0.4, 0.5) is 0 Å². The molecule has 234 valence electrons. The molecule has 40 heavy (non-hydrogen) atoms. The summed E-state index contributed by atoms with van der Waals surface area (Å²) < 4.78 is 0. The Morgan fingerprint density at radius 1 is 0.700 bits per heavy atom. The number of nitrogens with zero attached hydrogens (tertiary/aromatic N) is 2.